The zero-order valence-electron chi connectivity index (χ0n) is 25.1. The van der Waals surface area contributed by atoms with E-state index in [0.717, 1.165) is 49.9 Å². The second-order valence-corrected chi connectivity index (χ2v) is 12.5. The molecule has 10 nitrogen and oxygen atoms in total. The lowest BCUT2D eigenvalue weighted by Crippen LogP contribution is -2.39. The normalized spacial score (nSPS) is 24.8. The lowest BCUT2D eigenvalue weighted by Gasteiger charge is -2.31. The number of anilines is 1. The molecule has 0 radical (unpaired) electrons. The van der Waals surface area contributed by atoms with Crippen LogP contribution >= 0.6 is 0 Å². The molecule has 43 heavy (non-hydrogen) atoms. The number of aryl methyl sites for hydroxylation is 2. The predicted molar refractivity (Wildman–Crippen MR) is 161 cm³/mol. The molecule has 4 heterocycles. The van der Waals surface area contributed by atoms with Crippen LogP contribution in [0.4, 0.5) is 5.82 Å². The zero-order chi connectivity index (χ0) is 30.1. The Labute approximate surface area is 253 Å². The lowest BCUT2D eigenvalue weighted by molar-refractivity contribution is -0.118. The monoisotopic (exact) mass is 586 g/mol. The molecule has 3 aliphatic heterocycles. The Morgan fingerprint density at radius 1 is 1.05 bits per heavy atom. The standard InChI is InChI=1S/C20H25N5O3.C10H11NO.C3H6/c1-2-23-17(26)4-3-15-18(20(27)24-14(11-21)9-12-10-16(12)24)22-25(19(15)23)13-5-7-28-8-6-13;11-10(12)9-5-4-7-2-1-3-8(7)6-9;1-2-3-1/h12-14,16H,2-10H2,1H3;4-6H,1-3H2,(H2,11,12);1-3H2. The summed E-state index contributed by atoms with van der Waals surface area (Å²) in [6.45, 7) is 3.84. The molecule has 2 saturated carbocycles. The molecular formula is C33H42N6O4. The van der Waals surface area contributed by atoms with Gasteiger partial charge in [0.2, 0.25) is 11.8 Å². The van der Waals surface area contributed by atoms with Crippen molar-refractivity contribution < 1.29 is 19.1 Å². The summed E-state index contributed by atoms with van der Waals surface area (Å²) in [5.74, 6) is 0.874. The maximum absolute atomic E-state index is 13.5. The molecule has 3 unspecified atom stereocenters. The van der Waals surface area contributed by atoms with Crippen LogP contribution in [0.1, 0.15) is 108 Å². The minimum atomic E-state index is -0.354. The number of fused-ring (bicyclic) bond motifs is 3. The minimum Gasteiger partial charge on any atom is -0.381 e. The fourth-order valence-electron chi connectivity index (χ4n) is 6.86. The van der Waals surface area contributed by atoms with Crippen molar-refractivity contribution in [3.63, 3.8) is 0 Å². The van der Waals surface area contributed by atoms with Crippen LogP contribution in [0.25, 0.3) is 0 Å². The molecule has 2 N–H and O–H groups in total. The Morgan fingerprint density at radius 3 is 2.47 bits per heavy atom. The number of hydrogen-bond donors (Lipinski definition) is 1. The molecule has 3 amide bonds. The Hall–Kier alpha value is -3.71. The highest BCUT2D eigenvalue weighted by Gasteiger charge is 2.55. The van der Waals surface area contributed by atoms with Gasteiger partial charge in [-0.25, -0.2) is 4.68 Å². The number of likely N-dealkylation sites (tertiary alicyclic amines) is 1. The third-order valence-corrected chi connectivity index (χ3v) is 9.41. The van der Waals surface area contributed by atoms with Crippen molar-refractivity contribution in [3.8, 4) is 6.07 Å². The molecule has 8 rings (SSSR count). The van der Waals surface area contributed by atoms with Gasteiger partial charge in [-0.2, -0.15) is 10.4 Å². The second kappa shape index (κ2) is 12.5. The molecule has 2 aromatic rings. The third-order valence-electron chi connectivity index (χ3n) is 9.41. The average molecular weight is 587 g/mol. The first-order valence-electron chi connectivity index (χ1n) is 16.0. The summed E-state index contributed by atoms with van der Waals surface area (Å²) in [4.78, 5) is 40.4. The second-order valence-electron chi connectivity index (χ2n) is 12.5. The highest BCUT2D eigenvalue weighted by atomic mass is 16.5. The summed E-state index contributed by atoms with van der Waals surface area (Å²) in [7, 11) is 0. The van der Waals surface area contributed by atoms with Gasteiger partial charge in [-0.1, -0.05) is 25.3 Å². The number of piperidine rings is 1. The SMILES string of the molecule is C1CC1.CCN1C(=O)CCc2c(C(=O)N3C(C#N)CC4CC43)nn(C3CCOCC3)c21.NC(=O)c1ccc2c(c1)CCC2. The van der Waals surface area contributed by atoms with Crippen LogP contribution in [0.3, 0.4) is 0 Å². The molecule has 0 spiro atoms. The first-order valence-corrected chi connectivity index (χ1v) is 16.0. The van der Waals surface area contributed by atoms with Crippen molar-refractivity contribution >= 4 is 23.5 Å². The summed E-state index contributed by atoms with van der Waals surface area (Å²) >= 11 is 0. The maximum Gasteiger partial charge on any atom is 0.276 e. The van der Waals surface area contributed by atoms with E-state index in [9.17, 15) is 19.6 Å². The van der Waals surface area contributed by atoms with Crippen LogP contribution in [0, 0.1) is 17.2 Å². The molecule has 228 valence electrons. The molecule has 6 aliphatic rings. The number of carbonyl (C=O) groups excluding carboxylic acids is 3. The van der Waals surface area contributed by atoms with E-state index in [1.54, 1.807) is 9.80 Å². The number of nitrogens with zero attached hydrogens (tertiary/aromatic N) is 5. The molecule has 1 aromatic heterocycles. The first-order chi connectivity index (χ1) is 20.9. The first kappa shape index (κ1) is 29.4. The number of nitriles is 1. The van der Waals surface area contributed by atoms with Crippen LogP contribution in [0.5, 0.6) is 0 Å². The summed E-state index contributed by atoms with van der Waals surface area (Å²) in [6.07, 6.45) is 12.3. The fraction of sp³-hybridized carbons (Fsp3) is 0.606. The van der Waals surface area contributed by atoms with E-state index in [1.807, 2.05) is 29.8 Å². The number of rotatable bonds is 4. The van der Waals surface area contributed by atoms with Gasteiger partial charge in [0.15, 0.2) is 5.69 Å². The van der Waals surface area contributed by atoms with Crippen LogP contribution in [0.15, 0.2) is 18.2 Å². The average Bonchev–Trinajstić information content (AvgIpc) is 3.94. The highest BCUT2D eigenvalue weighted by Crippen LogP contribution is 2.48. The Morgan fingerprint density at radius 2 is 1.79 bits per heavy atom. The van der Waals surface area contributed by atoms with E-state index < -0.39 is 0 Å². The molecule has 3 atom stereocenters. The van der Waals surface area contributed by atoms with E-state index in [1.165, 1.54) is 36.8 Å². The molecule has 2 saturated heterocycles. The van der Waals surface area contributed by atoms with E-state index in [0.29, 0.717) is 49.8 Å². The lowest BCUT2D eigenvalue weighted by atomic mass is 10.0. The number of nitrogens with two attached hydrogens (primary N) is 1. The predicted octanol–water partition coefficient (Wildman–Crippen LogP) is 4.10. The number of aromatic nitrogens is 2. The molecule has 3 aliphatic carbocycles. The largest absolute Gasteiger partial charge is 0.381 e. The molecular weight excluding hydrogens is 544 g/mol. The minimum absolute atomic E-state index is 0.0838. The van der Waals surface area contributed by atoms with Crippen LogP contribution < -0.4 is 10.6 Å². The van der Waals surface area contributed by atoms with Gasteiger partial charge < -0.3 is 15.4 Å². The van der Waals surface area contributed by atoms with Crippen molar-refractivity contribution in [2.24, 2.45) is 11.7 Å². The van der Waals surface area contributed by atoms with Crippen molar-refractivity contribution in [2.75, 3.05) is 24.7 Å². The number of ether oxygens (including phenoxy) is 1. The summed E-state index contributed by atoms with van der Waals surface area (Å²) in [5, 5.41) is 14.3. The maximum atomic E-state index is 13.5. The number of primary amides is 1. The van der Waals surface area contributed by atoms with Crippen molar-refractivity contribution in [1.29, 1.82) is 5.26 Å². The van der Waals surface area contributed by atoms with Gasteiger partial charge in [0.05, 0.1) is 12.1 Å². The number of carbonyl (C=O) groups is 3. The summed E-state index contributed by atoms with van der Waals surface area (Å²) < 4.78 is 7.40. The van der Waals surface area contributed by atoms with Gasteiger partial charge in [-0.05, 0) is 87.5 Å². The van der Waals surface area contributed by atoms with Gasteiger partial charge in [-0.15, -0.1) is 0 Å². The summed E-state index contributed by atoms with van der Waals surface area (Å²) in [6, 6.07) is 8.00. The topological polar surface area (TPSA) is 135 Å². The quantitative estimate of drug-likeness (QED) is 0.573. The van der Waals surface area contributed by atoms with Crippen molar-refractivity contribution in [1.82, 2.24) is 14.7 Å². The molecule has 4 fully saturated rings. The van der Waals surface area contributed by atoms with Gasteiger partial charge in [0.25, 0.3) is 5.91 Å². The van der Waals surface area contributed by atoms with Gasteiger partial charge in [-0.3, -0.25) is 19.3 Å². The molecule has 0 bridgehead atoms. The molecule has 1 aromatic carbocycles. The van der Waals surface area contributed by atoms with Crippen LogP contribution in [-0.2, 0) is 28.8 Å². The van der Waals surface area contributed by atoms with Crippen molar-refractivity contribution in [2.45, 2.75) is 102 Å². The Kier molecular flexibility index (Phi) is 8.53. The van der Waals surface area contributed by atoms with E-state index in [2.05, 4.69) is 6.07 Å². The van der Waals surface area contributed by atoms with E-state index >= 15 is 0 Å². The van der Waals surface area contributed by atoms with Gasteiger partial charge in [0, 0.05) is 43.3 Å². The van der Waals surface area contributed by atoms with E-state index in [4.69, 9.17) is 15.6 Å². The van der Waals surface area contributed by atoms with Crippen LogP contribution in [-0.4, -0.2) is 64.2 Å². The third kappa shape index (κ3) is 6.05. The van der Waals surface area contributed by atoms with Gasteiger partial charge >= 0.3 is 0 Å². The fourth-order valence-corrected chi connectivity index (χ4v) is 6.86. The van der Waals surface area contributed by atoms with Gasteiger partial charge in [0.1, 0.15) is 11.9 Å². The van der Waals surface area contributed by atoms with Crippen LogP contribution in [0.2, 0.25) is 0 Å². The Bertz CT molecular complexity index is 1430. The smallest absolute Gasteiger partial charge is 0.276 e. The molecule has 10 heteroatoms. The van der Waals surface area contributed by atoms with E-state index in [-0.39, 0.29) is 35.8 Å². The Balaban J connectivity index is 0.000000180. The number of benzene rings is 1. The summed E-state index contributed by atoms with van der Waals surface area (Å²) in [5.41, 5.74) is 9.79. The highest BCUT2D eigenvalue weighted by molar-refractivity contribution is 6.01. The zero-order valence-corrected chi connectivity index (χ0v) is 25.1. The number of amides is 3. The van der Waals surface area contributed by atoms with Crippen molar-refractivity contribution in [3.05, 3.63) is 46.1 Å². The number of hydrogen-bond acceptors (Lipinski definition) is 6.